The Labute approximate surface area is 113 Å². The van der Waals surface area contributed by atoms with Crippen LogP contribution >= 0.6 is 34.2 Å². The number of benzene rings is 1. The van der Waals surface area contributed by atoms with E-state index in [9.17, 15) is 9.18 Å². The van der Waals surface area contributed by atoms with Crippen LogP contribution in [0.2, 0.25) is 5.02 Å². The van der Waals surface area contributed by atoms with Crippen LogP contribution in [0.1, 0.15) is 24.2 Å². The Kier molecular flexibility index (Phi) is 4.98. The largest absolute Gasteiger partial charge is 0.339 e. The van der Waals surface area contributed by atoms with E-state index in [2.05, 4.69) is 0 Å². The van der Waals surface area contributed by atoms with Crippen LogP contribution in [-0.4, -0.2) is 23.9 Å². The van der Waals surface area contributed by atoms with Crippen LogP contribution in [0.5, 0.6) is 0 Å². The van der Waals surface area contributed by atoms with E-state index in [1.165, 1.54) is 12.1 Å². The van der Waals surface area contributed by atoms with Crippen molar-refractivity contribution < 1.29 is 9.18 Å². The van der Waals surface area contributed by atoms with E-state index in [0.29, 0.717) is 22.2 Å². The number of carbonyl (C=O) groups excluding carboxylic acids is 1. The molecule has 0 aliphatic heterocycles. The molecule has 0 aliphatic rings. The quantitative estimate of drug-likeness (QED) is 0.600. The van der Waals surface area contributed by atoms with Gasteiger partial charge in [0.2, 0.25) is 0 Å². The van der Waals surface area contributed by atoms with Gasteiger partial charge in [0.05, 0.1) is 10.6 Å². The van der Waals surface area contributed by atoms with Crippen molar-refractivity contribution in [3.63, 3.8) is 0 Å². The molecule has 0 unspecified atom stereocenters. The first-order valence-corrected chi connectivity index (χ1v) is 6.40. The number of halogens is 3. The smallest absolute Gasteiger partial charge is 0.255 e. The zero-order chi connectivity index (χ0) is 12.3. The Bertz CT molecular complexity index is 407. The molecule has 1 aromatic carbocycles. The summed E-state index contributed by atoms with van der Waals surface area (Å²) in [5, 5.41) is 0.162. The highest BCUT2D eigenvalue weighted by molar-refractivity contribution is 14.1. The molecule has 0 heterocycles. The summed E-state index contributed by atoms with van der Waals surface area (Å²) in [7, 11) is 0. The Balaban J connectivity index is 3.13. The minimum Gasteiger partial charge on any atom is -0.339 e. The van der Waals surface area contributed by atoms with Gasteiger partial charge in [-0.15, -0.1) is 0 Å². The first kappa shape index (κ1) is 13.7. The van der Waals surface area contributed by atoms with E-state index >= 15 is 0 Å². The van der Waals surface area contributed by atoms with Gasteiger partial charge in [-0.1, -0.05) is 11.6 Å². The van der Waals surface area contributed by atoms with Crippen molar-refractivity contribution in [1.29, 1.82) is 0 Å². The SMILES string of the molecule is CCN(CC)C(=O)c1cc(I)c(F)cc1Cl. The molecular formula is C11H12ClFINO. The molecule has 0 aliphatic carbocycles. The number of carbonyl (C=O) groups is 1. The maximum atomic E-state index is 13.2. The molecule has 0 saturated carbocycles. The molecule has 0 saturated heterocycles. The second-order valence-corrected chi connectivity index (χ2v) is 4.79. The van der Waals surface area contributed by atoms with Crippen molar-refractivity contribution in [1.82, 2.24) is 4.90 Å². The normalized spacial score (nSPS) is 10.3. The standard InChI is InChI=1S/C11H12ClFINO/c1-3-15(4-2)11(16)7-5-10(14)9(13)6-8(7)12/h5-6H,3-4H2,1-2H3. The van der Waals surface area contributed by atoms with Gasteiger partial charge in [-0.25, -0.2) is 4.39 Å². The summed E-state index contributed by atoms with van der Waals surface area (Å²) in [6.07, 6.45) is 0. The number of nitrogens with zero attached hydrogens (tertiary/aromatic N) is 1. The minimum atomic E-state index is -0.401. The Hall–Kier alpha value is -0.360. The van der Waals surface area contributed by atoms with Crippen molar-refractivity contribution in [3.8, 4) is 0 Å². The van der Waals surface area contributed by atoms with E-state index in [0.717, 1.165) is 0 Å². The van der Waals surface area contributed by atoms with E-state index < -0.39 is 5.82 Å². The second kappa shape index (κ2) is 5.82. The van der Waals surface area contributed by atoms with Crippen molar-refractivity contribution in [2.45, 2.75) is 13.8 Å². The summed E-state index contributed by atoms with van der Waals surface area (Å²) < 4.78 is 13.6. The highest BCUT2D eigenvalue weighted by Gasteiger charge is 2.17. The number of rotatable bonds is 3. The Morgan fingerprint density at radius 1 is 1.44 bits per heavy atom. The summed E-state index contributed by atoms with van der Waals surface area (Å²) in [4.78, 5) is 13.7. The molecule has 0 atom stereocenters. The molecule has 5 heteroatoms. The molecule has 1 rings (SSSR count). The molecule has 0 spiro atoms. The van der Waals surface area contributed by atoms with Crippen LogP contribution in [-0.2, 0) is 0 Å². The number of hydrogen-bond donors (Lipinski definition) is 0. The zero-order valence-corrected chi connectivity index (χ0v) is 12.0. The molecule has 1 amide bonds. The van der Waals surface area contributed by atoms with Crippen LogP contribution in [0.3, 0.4) is 0 Å². The van der Waals surface area contributed by atoms with E-state index in [-0.39, 0.29) is 10.9 Å². The molecule has 0 bridgehead atoms. The third-order valence-corrected chi connectivity index (χ3v) is 3.43. The molecule has 88 valence electrons. The Morgan fingerprint density at radius 2 is 2.00 bits per heavy atom. The van der Waals surface area contributed by atoms with Gasteiger partial charge >= 0.3 is 0 Å². The number of amides is 1. The zero-order valence-electron chi connectivity index (χ0n) is 9.06. The van der Waals surface area contributed by atoms with Crippen LogP contribution in [0, 0.1) is 9.39 Å². The lowest BCUT2D eigenvalue weighted by Gasteiger charge is -2.19. The minimum absolute atomic E-state index is 0.159. The van der Waals surface area contributed by atoms with Crippen LogP contribution in [0.4, 0.5) is 4.39 Å². The van der Waals surface area contributed by atoms with Crippen molar-refractivity contribution in [3.05, 3.63) is 32.1 Å². The summed E-state index contributed by atoms with van der Waals surface area (Å²) in [5.74, 6) is -0.561. The van der Waals surface area contributed by atoms with Crippen molar-refractivity contribution in [2.75, 3.05) is 13.1 Å². The van der Waals surface area contributed by atoms with Gasteiger partial charge in [0.15, 0.2) is 0 Å². The molecule has 2 nitrogen and oxygen atoms in total. The molecule has 0 aromatic heterocycles. The van der Waals surface area contributed by atoms with Gasteiger partial charge in [0.25, 0.3) is 5.91 Å². The van der Waals surface area contributed by atoms with Crippen molar-refractivity contribution in [2.24, 2.45) is 0 Å². The predicted octanol–water partition coefficient (Wildman–Crippen LogP) is 3.57. The average Bonchev–Trinajstić information content (AvgIpc) is 2.25. The highest BCUT2D eigenvalue weighted by Crippen LogP contribution is 2.23. The first-order chi connectivity index (χ1) is 7.51. The fourth-order valence-electron chi connectivity index (χ4n) is 1.37. The van der Waals surface area contributed by atoms with E-state index in [1.807, 2.05) is 36.4 Å². The summed E-state index contributed by atoms with van der Waals surface area (Å²) in [5.41, 5.74) is 0.358. The molecule has 1 aromatic rings. The third kappa shape index (κ3) is 2.85. The van der Waals surface area contributed by atoms with Gasteiger partial charge in [-0.2, -0.15) is 0 Å². The van der Waals surface area contributed by atoms with Gasteiger partial charge < -0.3 is 4.90 Å². The van der Waals surface area contributed by atoms with Crippen LogP contribution in [0.25, 0.3) is 0 Å². The lowest BCUT2D eigenvalue weighted by molar-refractivity contribution is 0.0773. The average molecular weight is 356 g/mol. The lowest BCUT2D eigenvalue weighted by Crippen LogP contribution is -2.30. The van der Waals surface area contributed by atoms with Gasteiger partial charge in [-0.3, -0.25) is 4.79 Å². The lowest BCUT2D eigenvalue weighted by atomic mass is 10.2. The maximum absolute atomic E-state index is 13.2. The fourth-order valence-corrected chi connectivity index (χ4v) is 2.07. The topological polar surface area (TPSA) is 20.3 Å². The van der Waals surface area contributed by atoms with E-state index in [4.69, 9.17) is 11.6 Å². The molecule has 16 heavy (non-hydrogen) atoms. The maximum Gasteiger partial charge on any atom is 0.255 e. The third-order valence-electron chi connectivity index (χ3n) is 2.29. The van der Waals surface area contributed by atoms with Crippen LogP contribution in [0.15, 0.2) is 12.1 Å². The van der Waals surface area contributed by atoms with Gasteiger partial charge in [0, 0.05) is 16.7 Å². The molecule has 0 fully saturated rings. The predicted molar refractivity (Wildman–Crippen MR) is 71.4 cm³/mol. The summed E-state index contributed by atoms with van der Waals surface area (Å²) in [6.45, 7) is 5.01. The molecular weight excluding hydrogens is 343 g/mol. The summed E-state index contributed by atoms with van der Waals surface area (Å²) >= 11 is 7.71. The van der Waals surface area contributed by atoms with Gasteiger partial charge in [-0.05, 0) is 48.6 Å². The number of hydrogen-bond acceptors (Lipinski definition) is 1. The van der Waals surface area contributed by atoms with Gasteiger partial charge in [0.1, 0.15) is 5.82 Å². The van der Waals surface area contributed by atoms with Crippen molar-refractivity contribution >= 4 is 40.1 Å². The fraction of sp³-hybridized carbons (Fsp3) is 0.364. The molecule has 0 radical (unpaired) electrons. The van der Waals surface area contributed by atoms with E-state index in [1.54, 1.807) is 4.90 Å². The van der Waals surface area contributed by atoms with Crippen LogP contribution < -0.4 is 0 Å². The Morgan fingerprint density at radius 3 is 2.50 bits per heavy atom. The summed E-state index contributed by atoms with van der Waals surface area (Å²) in [6, 6.07) is 2.67. The first-order valence-electron chi connectivity index (χ1n) is 4.95. The second-order valence-electron chi connectivity index (χ2n) is 3.22. The molecule has 0 N–H and O–H groups in total. The highest BCUT2D eigenvalue weighted by atomic mass is 127. The monoisotopic (exact) mass is 355 g/mol.